The Morgan fingerprint density at radius 2 is 2.06 bits per heavy atom. The number of rotatable bonds is 5. The molecule has 3 N–H and O–H groups in total. The van der Waals surface area contributed by atoms with Crippen LogP contribution in [0.3, 0.4) is 0 Å². The molecule has 1 saturated heterocycles. The molecule has 33 heavy (non-hydrogen) atoms. The first kappa shape index (κ1) is 21.3. The minimum atomic E-state index is -0.680. The van der Waals surface area contributed by atoms with E-state index in [4.69, 9.17) is 17.3 Å². The van der Waals surface area contributed by atoms with E-state index in [9.17, 15) is 14.4 Å². The molecule has 1 aliphatic carbocycles. The maximum Gasteiger partial charge on any atom is 0.269 e. The zero-order valence-corrected chi connectivity index (χ0v) is 18.4. The number of carbonyl (C=O) groups excluding carboxylic acids is 3. The average molecular weight is 468 g/mol. The normalized spacial score (nSPS) is 21.8. The summed E-state index contributed by atoms with van der Waals surface area (Å²) in [5.41, 5.74) is 6.08. The summed E-state index contributed by atoms with van der Waals surface area (Å²) in [5, 5.41) is 7.86. The van der Waals surface area contributed by atoms with Gasteiger partial charge >= 0.3 is 0 Å². The molecular weight excluding hydrogens is 446 g/mol. The first-order chi connectivity index (χ1) is 15.9. The fourth-order valence-corrected chi connectivity index (χ4v) is 5.27. The van der Waals surface area contributed by atoms with Crippen LogP contribution in [0.1, 0.15) is 36.2 Å². The maximum absolute atomic E-state index is 13.5. The number of nitrogens with two attached hydrogens (primary N) is 1. The summed E-state index contributed by atoms with van der Waals surface area (Å²) in [7, 11) is 0. The molecule has 3 amide bonds. The highest BCUT2D eigenvalue weighted by molar-refractivity contribution is 6.29. The van der Waals surface area contributed by atoms with Crippen LogP contribution < -0.4 is 11.1 Å². The van der Waals surface area contributed by atoms with Gasteiger partial charge in [-0.3, -0.25) is 24.0 Å². The fraction of sp³-hybridized carbons (Fsp3) is 0.364. The molecule has 170 valence electrons. The van der Waals surface area contributed by atoms with Crippen molar-refractivity contribution in [3.8, 4) is 0 Å². The molecule has 5 rings (SSSR count). The van der Waals surface area contributed by atoms with Crippen molar-refractivity contribution < 1.29 is 14.4 Å². The summed E-state index contributed by atoms with van der Waals surface area (Å²) in [4.78, 5) is 48.4. The lowest BCUT2D eigenvalue weighted by molar-refractivity contribution is -0.139. The Kier molecular flexibility index (Phi) is 5.45. The highest BCUT2D eigenvalue weighted by Gasteiger charge is 2.48. The molecule has 2 fully saturated rings. The lowest BCUT2D eigenvalue weighted by Gasteiger charge is -2.29. The van der Waals surface area contributed by atoms with Gasteiger partial charge in [0.15, 0.2) is 5.69 Å². The van der Waals surface area contributed by atoms with Gasteiger partial charge in [0.1, 0.15) is 23.6 Å². The molecule has 11 heteroatoms. The lowest BCUT2D eigenvalue weighted by Crippen LogP contribution is -2.48. The molecular formula is C22H22ClN7O3. The van der Waals surface area contributed by atoms with E-state index in [1.54, 1.807) is 35.4 Å². The number of amides is 3. The van der Waals surface area contributed by atoms with E-state index in [1.807, 2.05) is 0 Å². The van der Waals surface area contributed by atoms with Gasteiger partial charge in [-0.15, -0.1) is 0 Å². The molecule has 2 aliphatic rings. The topological polar surface area (TPSA) is 136 Å². The van der Waals surface area contributed by atoms with E-state index in [2.05, 4.69) is 20.4 Å². The number of pyridine rings is 2. The maximum atomic E-state index is 13.5. The van der Waals surface area contributed by atoms with Crippen molar-refractivity contribution in [2.45, 2.75) is 44.3 Å². The first-order valence-corrected chi connectivity index (χ1v) is 11.1. The zero-order chi connectivity index (χ0) is 23.1. The second-order valence-electron chi connectivity index (χ2n) is 8.41. The minimum Gasteiger partial charge on any atom is -0.364 e. The number of anilines is 1. The van der Waals surface area contributed by atoms with Gasteiger partial charge in [-0.05, 0) is 43.4 Å². The number of nitrogens with zero attached hydrogens (tertiary/aromatic N) is 5. The molecule has 0 radical (unpaired) electrons. The number of aromatic nitrogens is 4. The summed E-state index contributed by atoms with van der Waals surface area (Å²) in [6.07, 6.45) is 6.52. The molecule has 0 bridgehead atoms. The average Bonchev–Trinajstić information content (AvgIpc) is 3.47. The number of primary amides is 1. The van der Waals surface area contributed by atoms with Gasteiger partial charge in [-0.2, -0.15) is 5.10 Å². The van der Waals surface area contributed by atoms with Gasteiger partial charge in [0.05, 0.1) is 11.7 Å². The quantitative estimate of drug-likeness (QED) is 0.550. The molecule has 1 saturated carbocycles. The third-order valence-electron chi connectivity index (χ3n) is 6.47. The van der Waals surface area contributed by atoms with Crippen molar-refractivity contribution in [2.75, 3.05) is 5.32 Å². The minimum absolute atomic E-state index is 0.00358. The van der Waals surface area contributed by atoms with Crippen molar-refractivity contribution in [3.05, 3.63) is 47.5 Å². The second kappa shape index (κ2) is 8.43. The summed E-state index contributed by atoms with van der Waals surface area (Å²) in [6, 6.07) is 5.99. The van der Waals surface area contributed by atoms with Crippen LogP contribution in [0.2, 0.25) is 5.15 Å². The molecule has 0 unspecified atom stereocenters. The van der Waals surface area contributed by atoms with Crippen molar-refractivity contribution in [1.82, 2.24) is 24.6 Å². The van der Waals surface area contributed by atoms with Gasteiger partial charge in [-0.1, -0.05) is 24.1 Å². The van der Waals surface area contributed by atoms with Gasteiger partial charge < -0.3 is 16.0 Å². The lowest BCUT2D eigenvalue weighted by atomic mass is 10.0. The van der Waals surface area contributed by atoms with Gasteiger partial charge in [-0.25, -0.2) is 4.98 Å². The van der Waals surface area contributed by atoms with Gasteiger partial charge in [0.2, 0.25) is 11.8 Å². The molecule has 4 heterocycles. The summed E-state index contributed by atoms with van der Waals surface area (Å²) >= 11 is 5.93. The van der Waals surface area contributed by atoms with E-state index in [0.717, 1.165) is 19.3 Å². The van der Waals surface area contributed by atoms with Crippen LogP contribution in [-0.4, -0.2) is 54.5 Å². The third-order valence-corrected chi connectivity index (χ3v) is 6.68. The van der Waals surface area contributed by atoms with Crippen LogP contribution >= 0.6 is 11.6 Å². The van der Waals surface area contributed by atoms with E-state index in [-0.39, 0.29) is 41.2 Å². The number of nitrogens with one attached hydrogen (secondary N) is 1. The van der Waals surface area contributed by atoms with E-state index >= 15 is 0 Å². The van der Waals surface area contributed by atoms with Gasteiger partial charge in [0, 0.05) is 17.6 Å². The zero-order valence-electron chi connectivity index (χ0n) is 17.6. The van der Waals surface area contributed by atoms with Crippen LogP contribution in [-0.2, 0) is 16.1 Å². The van der Waals surface area contributed by atoms with Crippen LogP contribution in [0.15, 0.2) is 36.7 Å². The third kappa shape index (κ3) is 3.91. The predicted octanol–water partition coefficient (Wildman–Crippen LogP) is 1.99. The number of likely N-dealkylation sites (tertiary alicyclic amines) is 1. The fourth-order valence-electron chi connectivity index (χ4n) is 5.10. The largest absolute Gasteiger partial charge is 0.364 e. The summed E-state index contributed by atoms with van der Waals surface area (Å²) < 4.78 is 1.43. The van der Waals surface area contributed by atoms with Crippen molar-refractivity contribution >= 4 is 46.0 Å². The standard InChI is InChI=1S/C22H22ClN7O3/c23-17-5-2-6-18(26-17)27-22(33)15-9-12-3-1-4-14(12)30(15)19(31)11-29-16-10-25-8-7-13(16)20(28-29)21(24)32/h2,5-8,10,12,14-15H,1,3-4,9,11H2,(H2,24,32)(H,26,27,33)/t12-,14-,15-/m0/s1. The molecule has 10 nitrogen and oxygen atoms in total. The van der Waals surface area contributed by atoms with Crippen molar-refractivity contribution in [2.24, 2.45) is 11.7 Å². The molecule has 3 aromatic rings. The Balaban J connectivity index is 1.42. The molecule has 0 spiro atoms. The summed E-state index contributed by atoms with van der Waals surface area (Å²) in [6.45, 7) is -0.127. The van der Waals surface area contributed by atoms with E-state index in [1.165, 1.54) is 10.9 Å². The highest BCUT2D eigenvalue weighted by Crippen LogP contribution is 2.41. The SMILES string of the molecule is NC(=O)c1nn(CC(=O)N2[C@H](C(=O)Nc3cccc(Cl)n3)C[C@@H]3CCC[C@@H]32)c2cnccc12. The van der Waals surface area contributed by atoms with Crippen LogP contribution in [0, 0.1) is 5.92 Å². The Hall–Kier alpha value is -3.53. The second-order valence-corrected chi connectivity index (χ2v) is 8.80. The van der Waals surface area contributed by atoms with Crippen molar-refractivity contribution in [1.29, 1.82) is 0 Å². The molecule has 1 aliphatic heterocycles. The Labute approximate surface area is 194 Å². The van der Waals surface area contributed by atoms with Crippen molar-refractivity contribution in [3.63, 3.8) is 0 Å². The number of hydrogen-bond acceptors (Lipinski definition) is 6. The number of hydrogen-bond donors (Lipinski definition) is 2. The van der Waals surface area contributed by atoms with Crippen LogP contribution in [0.5, 0.6) is 0 Å². The van der Waals surface area contributed by atoms with E-state index < -0.39 is 11.9 Å². The van der Waals surface area contributed by atoms with Crippen LogP contribution in [0.4, 0.5) is 5.82 Å². The first-order valence-electron chi connectivity index (χ1n) is 10.8. The summed E-state index contributed by atoms with van der Waals surface area (Å²) in [5.74, 6) is -0.604. The number of carbonyl (C=O) groups is 3. The molecule has 3 aromatic heterocycles. The highest BCUT2D eigenvalue weighted by atomic mass is 35.5. The van der Waals surface area contributed by atoms with Gasteiger partial charge in [0.25, 0.3) is 5.91 Å². The molecule has 0 aromatic carbocycles. The molecule has 3 atom stereocenters. The number of halogens is 1. The number of fused-ring (bicyclic) bond motifs is 2. The van der Waals surface area contributed by atoms with Crippen LogP contribution in [0.25, 0.3) is 10.9 Å². The smallest absolute Gasteiger partial charge is 0.269 e. The Morgan fingerprint density at radius 3 is 2.85 bits per heavy atom. The monoisotopic (exact) mass is 467 g/mol. The Morgan fingerprint density at radius 1 is 1.21 bits per heavy atom. The van der Waals surface area contributed by atoms with E-state index in [0.29, 0.717) is 23.1 Å². The Bertz CT molecular complexity index is 1260. The predicted molar refractivity (Wildman–Crippen MR) is 120 cm³/mol.